The van der Waals surface area contributed by atoms with Crippen LogP contribution in [0.5, 0.6) is 5.75 Å². The molecule has 2 nitrogen and oxygen atoms in total. The fourth-order valence-corrected chi connectivity index (χ4v) is 5.35. The third-order valence-corrected chi connectivity index (χ3v) is 6.31. The summed E-state index contributed by atoms with van der Waals surface area (Å²) in [6.45, 7) is -1.63. The lowest BCUT2D eigenvalue weighted by molar-refractivity contribution is -0.0503. The van der Waals surface area contributed by atoms with Gasteiger partial charge in [-0.3, -0.25) is 0 Å². The average Bonchev–Trinajstić information content (AvgIpc) is 2.51. The number of fused-ring (bicyclic) bond motifs is 1. The molecule has 1 aromatic rings. The number of nitrogens with zero attached hydrogens (tertiary/aromatic N) is 1. The molecule has 2 aliphatic carbocycles. The highest BCUT2D eigenvalue weighted by Gasteiger charge is 2.53. The van der Waals surface area contributed by atoms with Gasteiger partial charge >= 0.3 is 6.61 Å². The van der Waals surface area contributed by atoms with Gasteiger partial charge in [-0.05, 0) is 68.5 Å². The van der Waals surface area contributed by atoms with E-state index in [9.17, 15) is 8.78 Å². The van der Waals surface area contributed by atoms with Crippen LogP contribution in [0, 0.1) is 5.92 Å². The first kappa shape index (κ1) is 14.4. The highest BCUT2D eigenvalue weighted by molar-refractivity contribution is 5.45. The van der Waals surface area contributed by atoms with Gasteiger partial charge in [0.15, 0.2) is 0 Å². The van der Waals surface area contributed by atoms with Gasteiger partial charge in [0.25, 0.3) is 0 Å². The molecule has 0 amide bonds. The molecule has 0 aromatic heterocycles. The number of alkyl halides is 2. The van der Waals surface area contributed by atoms with Crippen molar-refractivity contribution in [3.63, 3.8) is 0 Å². The van der Waals surface area contributed by atoms with Gasteiger partial charge in [0.2, 0.25) is 0 Å². The van der Waals surface area contributed by atoms with E-state index in [2.05, 4.69) is 16.7 Å². The van der Waals surface area contributed by atoms with E-state index in [0.717, 1.165) is 19.4 Å². The second-order valence-corrected chi connectivity index (χ2v) is 7.21. The van der Waals surface area contributed by atoms with Crippen molar-refractivity contribution in [2.45, 2.75) is 56.6 Å². The van der Waals surface area contributed by atoms with Gasteiger partial charge in [0, 0.05) is 11.5 Å². The van der Waals surface area contributed by atoms with Crippen LogP contribution in [0.2, 0.25) is 0 Å². The predicted molar refractivity (Wildman–Crippen MR) is 81.4 cm³/mol. The Bertz CT molecular complexity index is 576. The van der Waals surface area contributed by atoms with Gasteiger partial charge in [0.05, 0.1) is 0 Å². The number of piperidine rings is 1. The van der Waals surface area contributed by atoms with Gasteiger partial charge < -0.3 is 9.64 Å². The SMILES string of the molecule is CN1CC[C@@]23CCCC[C@@H]2[C@@H]1Cc1ccc(OC(F)F)cc13. The molecule has 4 heteroatoms. The standard InChI is InChI=1S/C18H23F2NO/c1-21-9-8-18-7-3-2-4-14(18)16(21)10-12-5-6-13(11-15(12)18)22-17(19)20/h5-6,11,14,16-17H,2-4,7-10H2,1H3/t14-,16+,18+/m1/s1. The maximum absolute atomic E-state index is 12.6. The van der Waals surface area contributed by atoms with Crippen molar-refractivity contribution in [3.05, 3.63) is 29.3 Å². The molecule has 0 radical (unpaired) electrons. The second kappa shape index (κ2) is 5.19. The van der Waals surface area contributed by atoms with Crippen molar-refractivity contribution in [1.82, 2.24) is 4.90 Å². The number of likely N-dealkylation sites (tertiary alicyclic amines) is 1. The average molecular weight is 307 g/mol. The van der Waals surface area contributed by atoms with Crippen molar-refractivity contribution in [2.75, 3.05) is 13.6 Å². The van der Waals surface area contributed by atoms with E-state index in [1.165, 1.54) is 36.8 Å². The van der Waals surface area contributed by atoms with E-state index in [-0.39, 0.29) is 5.41 Å². The maximum Gasteiger partial charge on any atom is 0.387 e. The Morgan fingerprint density at radius 1 is 1.27 bits per heavy atom. The van der Waals surface area contributed by atoms with Crippen LogP contribution < -0.4 is 4.74 Å². The zero-order valence-corrected chi connectivity index (χ0v) is 13.0. The minimum absolute atomic E-state index is 0.199. The zero-order valence-electron chi connectivity index (χ0n) is 13.0. The van der Waals surface area contributed by atoms with Crippen LogP contribution in [0.1, 0.15) is 43.2 Å². The third kappa shape index (κ3) is 2.07. The molecule has 1 saturated carbocycles. The molecule has 3 atom stereocenters. The molecule has 0 unspecified atom stereocenters. The summed E-state index contributed by atoms with van der Waals surface area (Å²) in [6.07, 6.45) is 7.23. The van der Waals surface area contributed by atoms with Crippen molar-refractivity contribution < 1.29 is 13.5 Å². The quantitative estimate of drug-likeness (QED) is 0.819. The Hall–Kier alpha value is -1.16. The van der Waals surface area contributed by atoms with E-state index in [4.69, 9.17) is 0 Å². The van der Waals surface area contributed by atoms with Crippen LogP contribution in [-0.4, -0.2) is 31.1 Å². The number of rotatable bonds is 2. The molecule has 3 aliphatic rings. The van der Waals surface area contributed by atoms with E-state index in [0.29, 0.717) is 17.7 Å². The van der Waals surface area contributed by atoms with Gasteiger partial charge in [0.1, 0.15) is 5.75 Å². The summed E-state index contributed by atoms with van der Waals surface area (Å²) >= 11 is 0. The molecule has 22 heavy (non-hydrogen) atoms. The Balaban J connectivity index is 1.80. The van der Waals surface area contributed by atoms with Crippen molar-refractivity contribution in [2.24, 2.45) is 5.92 Å². The van der Waals surface area contributed by atoms with E-state index in [1.54, 1.807) is 6.07 Å². The van der Waals surface area contributed by atoms with Crippen molar-refractivity contribution >= 4 is 0 Å². The third-order valence-electron chi connectivity index (χ3n) is 6.31. The van der Waals surface area contributed by atoms with Gasteiger partial charge in [-0.25, -0.2) is 0 Å². The fourth-order valence-electron chi connectivity index (χ4n) is 5.35. The number of likely N-dealkylation sites (N-methyl/N-ethyl adjacent to an activating group) is 1. The highest BCUT2D eigenvalue weighted by atomic mass is 19.3. The van der Waals surface area contributed by atoms with Crippen LogP contribution in [-0.2, 0) is 11.8 Å². The van der Waals surface area contributed by atoms with Crippen LogP contribution in [0.15, 0.2) is 18.2 Å². The molecule has 1 aliphatic heterocycles. The molecule has 4 rings (SSSR count). The maximum atomic E-state index is 12.6. The number of hydrogen-bond donors (Lipinski definition) is 0. The first-order chi connectivity index (χ1) is 10.6. The molecule has 1 saturated heterocycles. The lowest BCUT2D eigenvalue weighted by Gasteiger charge is -2.58. The summed E-state index contributed by atoms with van der Waals surface area (Å²) in [7, 11) is 2.24. The van der Waals surface area contributed by atoms with Crippen LogP contribution in [0.3, 0.4) is 0 Å². The minimum Gasteiger partial charge on any atom is -0.435 e. The van der Waals surface area contributed by atoms with Crippen LogP contribution in [0.4, 0.5) is 8.78 Å². The number of hydrogen-bond acceptors (Lipinski definition) is 2. The zero-order chi connectivity index (χ0) is 15.3. The summed E-state index contributed by atoms with van der Waals surface area (Å²) in [5, 5.41) is 0. The molecule has 0 spiro atoms. The molecular formula is C18H23F2NO. The van der Waals surface area contributed by atoms with E-state index >= 15 is 0 Å². The topological polar surface area (TPSA) is 12.5 Å². The largest absolute Gasteiger partial charge is 0.435 e. The Labute approximate surface area is 130 Å². The first-order valence-electron chi connectivity index (χ1n) is 8.39. The molecule has 2 fully saturated rings. The van der Waals surface area contributed by atoms with Gasteiger partial charge in [-0.2, -0.15) is 8.78 Å². The lowest BCUT2D eigenvalue weighted by Crippen LogP contribution is -2.59. The van der Waals surface area contributed by atoms with Crippen molar-refractivity contribution in [3.8, 4) is 5.75 Å². The number of ether oxygens (including phenoxy) is 1. The molecule has 1 aromatic carbocycles. The fraction of sp³-hybridized carbons (Fsp3) is 0.667. The highest BCUT2D eigenvalue weighted by Crippen LogP contribution is 2.55. The molecule has 0 N–H and O–H groups in total. The smallest absolute Gasteiger partial charge is 0.387 e. The van der Waals surface area contributed by atoms with Crippen LogP contribution >= 0.6 is 0 Å². The molecular weight excluding hydrogens is 284 g/mol. The Kier molecular flexibility index (Phi) is 3.40. The number of halogens is 2. The summed E-state index contributed by atoms with van der Waals surface area (Å²) < 4.78 is 29.8. The molecule has 2 bridgehead atoms. The summed E-state index contributed by atoms with van der Waals surface area (Å²) in [4.78, 5) is 2.51. The van der Waals surface area contributed by atoms with E-state index < -0.39 is 6.61 Å². The minimum atomic E-state index is -2.74. The Morgan fingerprint density at radius 3 is 2.95 bits per heavy atom. The van der Waals surface area contributed by atoms with Crippen molar-refractivity contribution in [1.29, 1.82) is 0 Å². The monoisotopic (exact) mass is 307 g/mol. The first-order valence-corrected chi connectivity index (χ1v) is 8.39. The predicted octanol–water partition coefficient (Wildman–Crippen LogP) is 3.98. The van der Waals surface area contributed by atoms with Gasteiger partial charge in [-0.15, -0.1) is 0 Å². The van der Waals surface area contributed by atoms with Gasteiger partial charge in [-0.1, -0.05) is 18.9 Å². The normalized spacial score (nSPS) is 34.2. The van der Waals surface area contributed by atoms with Crippen LogP contribution in [0.25, 0.3) is 0 Å². The van der Waals surface area contributed by atoms with E-state index in [1.807, 2.05) is 12.1 Å². The Morgan fingerprint density at radius 2 is 2.14 bits per heavy atom. The second-order valence-electron chi connectivity index (χ2n) is 7.21. The lowest BCUT2D eigenvalue weighted by atomic mass is 9.52. The summed E-state index contributed by atoms with van der Waals surface area (Å²) in [6, 6.07) is 6.26. The summed E-state index contributed by atoms with van der Waals surface area (Å²) in [5.74, 6) is 0.999. The molecule has 120 valence electrons. The number of benzene rings is 1. The summed E-state index contributed by atoms with van der Waals surface area (Å²) in [5.41, 5.74) is 2.85. The molecule has 1 heterocycles.